The molecule has 2 spiro atoms. The van der Waals surface area contributed by atoms with Crippen molar-refractivity contribution in [3.05, 3.63) is 57.7 Å². The first-order valence-electron chi connectivity index (χ1n) is 19.8. The van der Waals surface area contributed by atoms with Gasteiger partial charge in [-0.1, -0.05) is 7.43 Å². The van der Waals surface area contributed by atoms with E-state index in [0.717, 1.165) is 97.8 Å². The van der Waals surface area contributed by atoms with Crippen LogP contribution in [0, 0.1) is 0 Å². The van der Waals surface area contributed by atoms with Gasteiger partial charge >= 0.3 is 6.16 Å². The average molecular weight is 983 g/mol. The molecular weight excluding hydrogens is 933 g/mol. The molecule has 2 fully saturated rings. The van der Waals surface area contributed by atoms with Gasteiger partial charge in [0.1, 0.15) is 5.60 Å². The number of ketones is 2. The Morgan fingerprint density at radius 2 is 1.26 bits per heavy atom. The Morgan fingerprint density at radius 3 is 1.84 bits per heavy atom. The number of ether oxygens (including phenoxy) is 6. The van der Waals surface area contributed by atoms with E-state index in [1.54, 1.807) is 56.3 Å². The number of hydrogen-bond donors (Lipinski definition) is 0. The molecule has 1 unspecified atom stereocenters. The van der Waals surface area contributed by atoms with Crippen LogP contribution < -0.4 is 18.9 Å². The highest BCUT2D eigenvalue weighted by Crippen LogP contribution is 2.56. The van der Waals surface area contributed by atoms with Crippen molar-refractivity contribution in [1.82, 2.24) is 9.80 Å². The molecule has 6 heterocycles. The molecule has 61 heavy (non-hydrogen) atoms. The Morgan fingerprint density at radius 1 is 0.738 bits per heavy atom. The lowest BCUT2D eigenvalue weighted by Crippen LogP contribution is -2.54. The number of fused-ring (bicyclic) bond motifs is 6. The lowest BCUT2D eigenvalue weighted by atomic mass is 9.81. The fourth-order valence-corrected chi connectivity index (χ4v) is 21.3. The third-order valence-corrected chi connectivity index (χ3v) is 23.6. The van der Waals surface area contributed by atoms with Gasteiger partial charge in [-0.15, -0.1) is 0 Å². The summed E-state index contributed by atoms with van der Waals surface area (Å²) < 4.78 is 33.5. The highest BCUT2D eigenvalue weighted by molar-refractivity contribution is 8.70. The summed E-state index contributed by atoms with van der Waals surface area (Å²) >= 11 is 9.21. The van der Waals surface area contributed by atoms with Crippen molar-refractivity contribution in [3.63, 3.8) is 0 Å². The standard InChI is InChI=1S/C23H27NO6.C18H19NO3.CH4.S8/c1-13-18-15-11-17-16(27-12-28-17)10-14(15)6-9-24-8-5-7-23(18,24)20(19(13)25)29-21(26)30-22(2,3)4;1-11-14(20)9-18-4-2-5-19(18)6-3-12-7-15-16(22-10-21-15)8-13(12)17(11)18;;1-3-5-7-8-6-4-2/h10-11,20H,5-9,12H2,1-4H3;7-8H,2-6,9-10H2,1H3;1H4;/t20?,23-;18-;;/m10../s1. The third-order valence-electron chi connectivity index (χ3n) is 12.5. The van der Waals surface area contributed by atoms with Crippen molar-refractivity contribution in [2.45, 2.75) is 110 Å². The Kier molecular flexibility index (Phi) is 14.3. The van der Waals surface area contributed by atoms with Crippen molar-refractivity contribution in [3.8, 4) is 23.0 Å². The number of Topliss-reactive ketones (excluding diaryl/α,β-unsaturated/α-hetero) is 2. The van der Waals surface area contributed by atoms with Gasteiger partial charge in [-0.2, -0.15) is 0 Å². The smallest absolute Gasteiger partial charge is 0.454 e. The molecule has 0 aromatic heterocycles. The molecule has 10 rings (SSSR count). The maximum Gasteiger partial charge on any atom is 0.509 e. The van der Waals surface area contributed by atoms with Gasteiger partial charge in [0.25, 0.3) is 0 Å². The zero-order valence-corrected chi connectivity index (χ0v) is 40.4. The van der Waals surface area contributed by atoms with Crippen molar-refractivity contribution in [2.24, 2.45) is 0 Å². The molecule has 3 atom stereocenters. The Hall–Kier alpha value is -2.59. The lowest BCUT2D eigenvalue weighted by molar-refractivity contribution is -0.130. The van der Waals surface area contributed by atoms with Gasteiger partial charge in [0.2, 0.25) is 19.4 Å². The zero-order chi connectivity index (χ0) is 42.4. The molecule has 6 aliphatic heterocycles. The largest absolute Gasteiger partial charge is 0.509 e. The minimum absolute atomic E-state index is 0. The van der Waals surface area contributed by atoms with Crippen LogP contribution in [0.3, 0.4) is 0 Å². The number of allylic oxidation sites excluding steroid dienone is 1. The Labute approximate surface area is 384 Å². The Balaban J connectivity index is 0.000000159. The second kappa shape index (κ2) is 18.9. The second-order valence-corrected chi connectivity index (χ2v) is 27.3. The van der Waals surface area contributed by atoms with Crippen molar-refractivity contribution < 1.29 is 42.8 Å². The highest BCUT2D eigenvalue weighted by atomic mass is 33.4. The van der Waals surface area contributed by atoms with Crippen molar-refractivity contribution in [1.29, 1.82) is 0 Å². The lowest BCUT2D eigenvalue weighted by Gasteiger charge is -2.40. The molecule has 0 saturated carbocycles. The SMILES string of the molecule is C.CC1=C2c3cc4c(cc3CCN3CCC[C@]23C(OC(=O)OC(C)(C)C)C1=O)OCO4.CC1=C2c3cc4c(cc3CCN3CCC[C@]23CC1=O)OCO4.S=S=S=S=S=S=S=S. The highest BCUT2D eigenvalue weighted by Gasteiger charge is 2.61. The zero-order valence-electron chi connectivity index (χ0n) is 33.9. The summed E-state index contributed by atoms with van der Waals surface area (Å²) in [6.07, 6.45) is 4.78. The number of carbonyl (C=O) groups is 3. The predicted octanol–water partition coefficient (Wildman–Crippen LogP) is 6.65. The van der Waals surface area contributed by atoms with Crippen LogP contribution in [0.5, 0.6) is 23.0 Å². The second-order valence-electron chi connectivity index (χ2n) is 16.7. The van der Waals surface area contributed by atoms with E-state index >= 15 is 0 Å². The van der Waals surface area contributed by atoms with E-state index in [1.807, 2.05) is 26.0 Å². The maximum atomic E-state index is 13.4. The first kappa shape index (κ1) is 46.4. The van der Waals surface area contributed by atoms with Crippen molar-refractivity contribution >= 4 is 105 Å². The van der Waals surface area contributed by atoms with Gasteiger partial charge in [-0.3, -0.25) is 19.4 Å². The number of rotatable bonds is 1. The first-order valence-corrected chi connectivity index (χ1v) is 29.2. The Bertz CT molecular complexity index is 2490. The van der Waals surface area contributed by atoms with Gasteiger partial charge in [0, 0.05) is 101 Å². The van der Waals surface area contributed by atoms with E-state index in [9.17, 15) is 14.4 Å². The van der Waals surface area contributed by atoms with Crippen LogP contribution in [0.4, 0.5) is 4.79 Å². The quantitative estimate of drug-likeness (QED) is 0.285. The molecule has 0 amide bonds. The topological polar surface area (TPSA) is 113 Å². The average Bonchev–Trinajstić information content (AvgIpc) is 4.06. The monoisotopic (exact) mass is 982 g/mol. The molecular formula is C42H50N2O9S8. The summed E-state index contributed by atoms with van der Waals surface area (Å²) in [6.45, 7) is 13.5. The van der Waals surface area contributed by atoms with Crippen LogP contribution in [-0.2, 0) is 108 Å². The van der Waals surface area contributed by atoms with Gasteiger partial charge in [-0.05, 0) is 149 Å². The molecule has 2 aromatic rings. The predicted molar refractivity (Wildman–Crippen MR) is 256 cm³/mol. The summed E-state index contributed by atoms with van der Waals surface area (Å²) in [5.74, 6) is 3.27. The van der Waals surface area contributed by atoms with Gasteiger partial charge in [-0.25, -0.2) is 4.79 Å². The van der Waals surface area contributed by atoms with E-state index in [-0.39, 0.29) is 25.5 Å². The molecule has 0 radical (unpaired) electrons. The molecule has 0 N–H and O–H groups in total. The molecule has 0 bridgehead atoms. The van der Waals surface area contributed by atoms with E-state index < -0.39 is 23.4 Å². The number of hydrogen-bond acceptors (Lipinski definition) is 13. The van der Waals surface area contributed by atoms with Crippen LogP contribution in [0.1, 0.15) is 96.4 Å². The van der Waals surface area contributed by atoms with Crippen LogP contribution in [0.15, 0.2) is 35.4 Å². The van der Waals surface area contributed by atoms with Gasteiger partial charge in [0.05, 0.1) is 11.1 Å². The van der Waals surface area contributed by atoms with Crippen LogP contribution in [-0.4, -0.2) is 90.1 Å². The third kappa shape index (κ3) is 8.69. The maximum absolute atomic E-state index is 13.4. The summed E-state index contributed by atoms with van der Waals surface area (Å²) in [5, 5.41) is 0. The van der Waals surface area contributed by atoms with Gasteiger partial charge in [0.15, 0.2) is 34.9 Å². The molecule has 11 nitrogen and oxygen atoms in total. The first-order chi connectivity index (χ1) is 28.8. The van der Waals surface area contributed by atoms with Crippen LogP contribution >= 0.6 is 0 Å². The number of nitrogens with zero attached hydrogens (tertiary/aromatic N) is 2. The van der Waals surface area contributed by atoms with Crippen LogP contribution in [0.25, 0.3) is 11.1 Å². The summed E-state index contributed by atoms with van der Waals surface area (Å²) in [7, 11) is 9.12. The molecule has 19 heteroatoms. The summed E-state index contributed by atoms with van der Waals surface area (Å²) in [5.41, 5.74) is 7.08. The fourth-order valence-electron chi connectivity index (χ4n) is 10.3. The van der Waals surface area contributed by atoms with Crippen LogP contribution in [0.2, 0.25) is 0 Å². The van der Waals surface area contributed by atoms with E-state index in [1.165, 1.54) is 40.9 Å². The fraction of sp³-hybridized carbons (Fsp3) is 0.548. The summed E-state index contributed by atoms with van der Waals surface area (Å²) in [4.78, 5) is 43.3. The van der Waals surface area contributed by atoms with E-state index in [2.05, 4.69) is 44.3 Å². The summed E-state index contributed by atoms with van der Waals surface area (Å²) in [6, 6.07) is 8.25. The van der Waals surface area contributed by atoms with Crippen molar-refractivity contribution in [2.75, 3.05) is 39.8 Å². The molecule has 2 aliphatic carbocycles. The van der Waals surface area contributed by atoms with E-state index in [4.69, 9.17) is 28.4 Å². The molecule has 330 valence electrons. The minimum Gasteiger partial charge on any atom is -0.454 e. The van der Waals surface area contributed by atoms with E-state index in [0.29, 0.717) is 30.3 Å². The molecule has 2 aromatic carbocycles. The molecule has 2 saturated heterocycles. The molecule has 8 aliphatic rings. The number of carbonyl (C=O) groups excluding carboxylic acids is 3. The van der Waals surface area contributed by atoms with Gasteiger partial charge < -0.3 is 28.4 Å². The normalized spacial score (nSPS) is 25.0. The minimum atomic E-state index is -0.902. The number of benzene rings is 2.